The van der Waals surface area contributed by atoms with Crippen LogP contribution in [0.3, 0.4) is 0 Å². The van der Waals surface area contributed by atoms with Crippen molar-refractivity contribution in [2.45, 2.75) is 18.1 Å². The molecule has 0 bridgehead atoms. The zero-order chi connectivity index (χ0) is 5.11. The average Bonchev–Trinajstić information content (AvgIpc) is 1.69. The lowest BCUT2D eigenvalue weighted by Crippen LogP contribution is -2.06. The Kier molecular flexibility index (Phi) is 1.74. The summed E-state index contributed by atoms with van der Waals surface area (Å²) < 4.78 is 0. The average molecular weight is 115 g/mol. The maximum atomic E-state index is 4.21. The molecule has 40 valence electrons. The van der Waals surface area contributed by atoms with Crippen LogP contribution in [0.15, 0.2) is 4.99 Å². The zero-order valence-electron chi connectivity index (χ0n) is 4.17. The van der Waals surface area contributed by atoms with E-state index in [4.69, 9.17) is 0 Å². The fraction of sp³-hybridized carbons (Fsp3) is 0.800. The lowest BCUT2D eigenvalue weighted by molar-refractivity contribution is 0.760. The topological polar surface area (TPSA) is 12.4 Å². The van der Waals surface area contributed by atoms with Crippen LogP contribution in [-0.4, -0.2) is 18.0 Å². The van der Waals surface area contributed by atoms with E-state index in [0.717, 1.165) is 6.54 Å². The van der Waals surface area contributed by atoms with E-state index in [1.54, 1.807) is 0 Å². The molecule has 1 rings (SSSR count). The van der Waals surface area contributed by atoms with Crippen LogP contribution in [0.4, 0.5) is 0 Å². The molecule has 1 heterocycles. The lowest BCUT2D eigenvalue weighted by Gasteiger charge is -2.06. The fourth-order valence-corrected chi connectivity index (χ4v) is 0.939. The van der Waals surface area contributed by atoms with Crippen LogP contribution in [0.5, 0.6) is 0 Å². The minimum Gasteiger partial charge on any atom is -0.296 e. The lowest BCUT2D eigenvalue weighted by atomic mass is 10.2. The molecule has 0 spiro atoms. The van der Waals surface area contributed by atoms with Crippen LogP contribution < -0.4 is 0 Å². The molecule has 1 atom stereocenters. The third-order valence-electron chi connectivity index (χ3n) is 1.06. The monoisotopic (exact) mass is 115 g/mol. The molecule has 0 fully saturated rings. The van der Waals surface area contributed by atoms with Crippen LogP contribution in [0.1, 0.15) is 12.8 Å². The van der Waals surface area contributed by atoms with Crippen molar-refractivity contribution in [3.8, 4) is 0 Å². The Morgan fingerprint density at radius 3 is 2.86 bits per heavy atom. The van der Waals surface area contributed by atoms with Gasteiger partial charge in [0.25, 0.3) is 0 Å². The molecule has 1 aliphatic heterocycles. The molecule has 0 aromatic rings. The second-order valence-corrected chi connectivity index (χ2v) is 2.43. The fourth-order valence-electron chi connectivity index (χ4n) is 0.662. The van der Waals surface area contributed by atoms with Gasteiger partial charge in [0.2, 0.25) is 0 Å². The van der Waals surface area contributed by atoms with Crippen LogP contribution in [0.2, 0.25) is 0 Å². The summed E-state index contributed by atoms with van der Waals surface area (Å²) in [6.07, 6.45) is 4.34. The summed E-state index contributed by atoms with van der Waals surface area (Å²) in [5.41, 5.74) is 0. The van der Waals surface area contributed by atoms with E-state index >= 15 is 0 Å². The first-order chi connectivity index (χ1) is 3.39. The van der Waals surface area contributed by atoms with E-state index in [9.17, 15) is 0 Å². The van der Waals surface area contributed by atoms with Gasteiger partial charge in [0.1, 0.15) is 0 Å². The second-order valence-electron chi connectivity index (χ2n) is 1.76. The molecule has 0 radical (unpaired) electrons. The molecular formula is C5H9NS. The Balaban J connectivity index is 2.36. The summed E-state index contributed by atoms with van der Waals surface area (Å²) in [6, 6.07) is 0. The van der Waals surface area contributed by atoms with Crippen molar-refractivity contribution in [2.75, 3.05) is 6.54 Å². The highest BCUT2D eigenvalue weighted by molar-refractivity contribution is 7.81. The molecule has 0 aromatic heterocycles. The minimum absolute atomic E-state index is 0.439. The molecule has 1 nitrogen and oxygen atoms in total. The maximum Gasteiger partial charge on any atom is 0.0386 e. The summed E-state index contributed by atoms with van der Waals surface area (Å²) >= 11 is 4.21. The van der Waals surface area contributed by atoms with Gasteiger partial charge in [-0.05, 0) is 12.8 Å². The zero-order valence-corrected chi connectivity index (χ0v) is 5.06. The Hall–Kier alpha value is 0.0200. The molecule has 7 heavy (non-hydrogen) atoms. The van der Waals surface area contributed by atoms with E-state index in [0.29, 0.717) is 5.25 Å². The van der Waals surface area contributed by atoms with Crippen molar-refractivity contribution in [1.29, 1.82) is 0 Å². The molecule has 1 aliphatic rings. The molecule has 0 N–H and O–H groups in total. The van der Waals surface area contributed by atoms with E-state index < -0.39 is 0 Å². The highest BCUT2D eigenvalue weighted by atomic mass is 32.1. The van der Waals surface area contributed by atoms with Gasteiger partial charge in [0.05, 0.1) is 0 Å². The molecular weight excluding hydrogens is 106 g/mol. The van der Waals surface area contributed by atoms with Gasteiger partial charge in [-0.2, -0.15) is 12.6 Å². The summed E-state index contributed by atoms with van der Waals surface area (Å²) in [5, 5.41) is 0.439. The van der Waals surface area contributed by atoms with Gasteiger partial charge in [-0.3, -0.25) is 4.99 Å². The molecule has 0 saturated heterocycles. The first-order valence-electron chi connectivity index (χ1n) is 2.57. The smallest absolute Gasteiger partial charge is 0.0386 e. The van der Waals surface area contributed by atoms with Crippen LogP contribution >= 0.6 is 12.6 Å². The van der Waals surface area contributed by atoms with Gasteiger partial charge in [-0.1, -0.05) is 0 Å². The SMILES string of the molecule is SC1C=NCCC1. The normalized spacial score (nSPS) is 30.7. The van der Waals surface area contributed by atoms with E-state index in [1.165, 1.54) is 12.8 Å². The Morgan fingerprint density at radius 2 is 2.57 bits per heavy atom. The Morgan fingerprint density at radius 1 is 1.71 bits per heavy atom. The van der Waals surface area contributed by atoms with E-state index in [1.807, 2.05) is 6.21 Å². The standard InChI is InChI=1S/C5H9NS/c7-5-2-1-3-6-4-5/h4-5,7H,1-3H2. The Bertz CT molecular complexity index is 80.1. The van der Waals surface area contributed by atoms with E-state index in [-0.39, 0.29) is 0 Å². The maximum absolute atomic E-state index is 4.21. The summed E-state index contributed by atoms with van der Waals surface area (Å²) in [4.78, 5) is 4.06. The van der Waals surface area contributed by atoms with Gasteiger partial charge < -0.3 is 0 Å². The van der Waals surface area contributed by atoms with Crippen molar-refractivity contribution in [3.05, 3.63) is 0 Å². The molecule has 0 saturated carbocycles. The predicted molar refractivity (Wildman–Crippen MR) is 35.4 cm³/mol. The summed E-state index contributed by atoms with van der Waals surface area (Å²) in [6.45, 7) is 1.01. The molecule has 1 unspecified atom stereocenters. The third-order valence-corrected chi connectivity index (χ3v) is 1.46. The molecule has 2 heteroatoms. The van der Waals surface area contributed by atoms with Crippen LogP contribution in [-0.2, 0) is 0 Å². The molecule has 0 aromatic carbocycles. The number of thiol groups is 1. The predicted octanol–water partition coefficient (Wildman–Crippen LogP) is 1.15. The van der Waals surface area contributed by atoms with Gasteiger partial charge >= 0.3 is 0 Å². The molecule has 0 aliphatic carbocycles. The number of hydrogen-bond donors (Lipinski definition) is 1. The van der Waals surface area contributed by atoms with E-state index in [2.05, 4.69) is 17.6 Å². The molecule has 0 amide bonds. The first-order valence-corrected chi connectivity index (χ1v) is 3.09. The van der Waals surface area contributed by atoms with Gasteiger partial charge in [0, 0.05) is 18.0 Å². The van der Waals surface area contributed by atoms with Gasteiger partial charge in [-0.25, -0.2) is 0 Å². The number of nitrogens with zero attached hydrogens (tertiary/aromatic N) is 1. The van der Waals surface area contributed by atoms with Crippen molar-refractivity contribution in [1.82, 2.24) is 0 Å². The highest BCUT2D eigenvalue weighted by Gasteiger charge is 2.01. The van der Waals surface area contributed by atoms with Crippen LogP contribution in [0, 0.1) is 0 Å². The number of aliphatic imine (C=N–C) groups is 1. The van der Waals surface area contributed by atoms with Crippen molar-refractivity contribution in [2.24, 2.45) is 4.99 Å². The van der Waals surface area contributed by atoms with Gasteiger partial charge in [-0.15, -0.1) is 0 Å². The quantitative estimate of drug-likeness (QED) is 0.455. The third kappa shape index (κ3) is 1.51. The first kappa shape index (κ1) is 5.16. The number of rotatable bonds is 0. The largest absolute Gasteiger partial charge is 0.296 e. The summed E-state index contributed by atoms with van der Waals surface area (Å²) in [5.74, 6) is 0. The van der Waals surface area contributed by atoms with Crippen molar-refractivity contribution < 1.29 is 0 Å². The van der Waals surface area contributed by atoms with Crippen molar-refractivity contribution >= 4 is 18.8 Å². The highest BCUT2D eigenvalue weighted by Crippen LogP contribution is 2.06. The van der Waals surface area contributed by atoms with Crippen molar-refractivity contribution in [3.63, 3.8) is 0 Å². The van der Waals surface area contributed by atoms with Crippen LogP contribution in [0.25, 0.3) is 0 Å². The number of hydrogen-bond acceptors (Lipinski definition) is 2. The second kappa shape index (κ2) is 2.36. The Labute approximate surface area is 49.2 Å². The minimum atomic E-state index is 0.439. The van der Waals surface area contributed by atoms with Gasteiger partial charge in [0.15, 0.2) is 0 Å². The summed E-state index contributed by atoms with van der Waals surface area (Å²) in [7, 11) is 0.